The highest BCUT2D eigenvalue weighted by atomic mass is 16.5. The molecule has 1 aromatic rings. The highest BCUT2D eigenvalue weighted by Gasteiger charge is 1.99. The van der Waals surface area contributed by atoms with Crippen LogP contribution in [0.25, 0.3) is 0 Å². The zero-order chi connectivity index (χ0) is 13.1. The molecule has 0 amide bonds. The van der Waals surface area contributed by atoms with Gasteiger partial charge in [0.2, 0.25) is 0 Å². The lowest BCUT2D eigenvalue weighted by molar-refractivity contribution is 0.199. The summed E-state index contributed by atoms with van der Waals surface area (Å²) in [4.78, 5) is 6.47. The highest BCUT2D eigenvalue weighted by molar-refractivity contribution is 5.07. The van der Waals surface area contributed by atoms with Crippen LogP contribution in [0.5, 0.6) is 0 Å². The van der Waals surface area contributed by atoms with Gasteiger partial charge in [-0.25, -0.2) is 0 Å². The molecule has 0 atom stereocenters. The van der Waals surface area contributed by atoms with E-state index in [1.807, 2.05) is 18.5 Å². The van der Waals surface area contributed by atoms with Crippen LogP contribution in [0.2, 0.25) is 0 Å². The van der Waals surface area contributed by atoms with Gasteiger partial charge in [0.25, 0.3) is 0 Å². The SMILES string of the molecule is COCCNCCCCN(C)Cc1cccnc1. The lowest BCUT2D eigenvalue weighted by atomic mass is 10.2. The summed E-state index contributed by atoms with van der Waals surface area (Å²) < 4.78 is 4.98. The van der Waals surface area contributed by atoms with Gasteiger partial charge >= 0.3 is 0 Å². The van der Waals surface area contributed by atoms with E-state index in [-0.39, 0.29) is 0 Å². The summed E-state index contributed by atoms with van der Waals surface area (Å²) in [5.41, 5.74) is 1.28. The van der Waals surface area contributed by atoms with E-state index in [0.29, 0.717) is 0 Å². The fourth-order valence-electron chi connectivity index (χ4n) is 1.81. The molecule has 0 aromatic carbocycles. The average molecular weight is 251 g/mol. The number of methoxy groups -OCH3 is 1. The van der Waals surface area contributed by atoms with Gasteiger partial charge in [-0.2, -0.15) is 0 Å². The first-order valence-electron chi connectivity index (χ1n) is 6.60. The van der Waals surface area contributed by atoms with E-state index in [1.165, 1.54) is 18.4 Å². The van der Waals surface area contributed by atoms with E-state index < -0.39 is 0 Å². The Labute approximate surface area is 110 Å². The van der Waals surface area contributed by atoms with E-state index in [2.05, 4.69) is 28.3 Å². The molecule has 4 heteroatoms. The van der Waals surface area contributed by atoms with Crippen LogP contribution in [0.3, 0.4) is 0 Å². The second kappa shape index (κ2) is 10.00. The molecule has 102 valence electrons. The van der Waals surface area contributed by atoms with Crippen LogP contribution in [0.4, 0.5) is 0 Å². The monoisotopic (exact) mass is 251 g/mol. The number of nitrogens with zero attached hydrogens (tertiary/aromatic N) is 2. The number of hydrogen-bond acceptors (Lipinski definition) is 4. The standard InChI is InChI=1S/C14H25N3O/c1-17(13-14-6-5-8-16-12-14)10-4-3-7-15-9-11-18-2/h5-6,8,12,15H,3-4,7,9-11,13H2,1-2H3. The van der Waals surface area contributed by atoms with Crippen LogP contribution in [-0.4, -0.2) is 50.3 Å². The molecule has 0 fully saturated rings. The zero-order valence-corrected chi connectivity index (χ0v) is 11.6. The topological polar surface area (TPSA) is 37.4 Å². The molecule has 0 aliphatic carbocycles. The normalized spacial score (nSPS) is 11.1. The number of hydrogen-bond donors (Lipinski definition) is 1. The molecule has 1 N–H and O–H groups in total. The Morgan fingerprint density at radius 1 is 1.33 bits per heavy atom. The van der Waals surface area contributed by atoms with Gasteiger partial charge in [-0.1, -0.05) is 6.07 Å². The smallest absolute Gasteiger partial charge is 0.0587 e. The van der Waals surface area contributed by atoms with Crippen molar-refractivity contribution in [3.8, 4) is 0 Å². The Morgan fingerprint density at radius 2 is 2.22 bits per heavy atom. The Bertz CT molecular complexity index is 292. The third-order valence-electron chi connectivity index (χ3n) is 2.80. The van der Waals surface area contributed by atoms with Crippen molar-refractivity contribution in [2.45, 2.75) is 19.4 Å². The molecular formula is C14H25N3O. The van der Waals surface area contributed by atoms with Gasteiger partial charge in [-0.05, 0) is 44.6 Å². The summed E-state index contributed by atoms with van der Waals surface area (Å²) >= 11 is 0. The summed E-state index contributed by atoms with van der Waals surface area (Å²) in [5.74, 6) is 0. The molecule has 4 nitrogen and oxygen atoms in total. The minimum atomic E-state index is 0.793. The van der Waals surface area contributed by atoms with Crippen LogP contribution in [0.15, 0.2) is 24.5 Å². The lowest BCUT2D eigenvalue weighted by Gasteiger charge is -2.16. The maximum absolute atomic E-state index is 4.98. The summed E-state index contributed by atoms with van der Waals surface area (Å²) in [7, 11) is 3.89. The van der Waals surface area contributed by atoms with E-state index in [9.17, 15) is 0 Å². The van der Waals surface area contributed by atoms with Crippen molar-refractivity contribution in [2.24, 2.45) is 0 Å². The second-order valence-corrected chi connectivity index (χ2v) is 4.55. The van der Waals surface area contributed by atoms with Crippen LogP contribution in [0.1, 0.15) is 18.4 Å². The summed E-state index contributed by atoms with van der Waals surface area (Å²) in [5, 5.41) is 3.36. The molecule has 0 radical (unpaired) electrons. The van der Waals surface area contributed by atoms with Gasteiger partial charge in [0.15, 0.2) is 0 Å². The van der Waals surface area contributed by atoms with Crippen molar-refractivity contribution in [3.63, 3.8) is 0 Å². The van der Waals surface area contributed by atoms with Crippen molar-refractivity contribution in [1.82, 2.24) is 15.2 Å². The zero-order valence-electron chi connectivity index (χ0n) is 11.6. The maximum Gasteiger partial charge on any atom is 0.0587 e. The molecule has 0 saturated heterocycles. The molecule has 1 heterocycles. The van der Waals surface area contributed by atoms with E-state index in [4.69, 9.17) is 4.74 Å². The Morgan fingerprint density at radius 3 is 2.94 bits per heavy atom. The lowest BCUT2D eigenvalue weighted by Crippen LogP contribution is -2.23. The van der Waals surface area contributed by atoms with Gasteiger partial charge in [-0.3, -0.25) is 4.98 Å². The Kier molecular flexibility index (Phi) is 8.38. The van der Waals surface area contributed by atoms with Crippen LogP contribution in [0, 0.1) is 0 Å². The van der Waals surface area contributed by atoms with E-state index >= 15 is 0 Å². The molecule has 18 heavy (non-hydrogen) atoms. The molecule has 0 aliphatic heterocycles. The maximum atomic E-state index is 4.98. The summed E-state index contributed by atoms with van der Waals surface area (Å²) in [6.45, 7) is 4.92. The molecule has 1 aromatic heterocycles. The fraction of sp³-hybridized carbons (Fsp3) is 0.643. The summed E-state index contributed by atoms with van der Waals surface area (Å²) in [6, 6.07) is 4.11. The van der Waals surface area contributed by atoms with Gasteiger partial charge in [-0.15, -0.1) is 0 Å². The Hall–Kier alpha value is -0.970. The molecule has 1 rings (SSSR count). The number of pyridine rings is 1. The highest BCUT2D eigenvalue weighted by Crippen LogP contribution is 2.01. The van der Waals surface area contributed by atoms with Gasteiger partial charge in [0.05, 0.1) is 6.61 Å². The van der Waals surface area contributed by atoms with Gasteiger partial charge in [0.1, 0.15) is 0 Å². The largest absolute Gasteiger partial charge is 0.383 e. The molecular weight excluding hydrogens is 226 g/mol. The second-order valence-electron chi connectivity index (χ2n) is 4.55. The Balaban J connectivity index is 1.99. The van der Waals surface area contributed by atoms with Gasteiger partial charge in [0, 0.05) is 32.6 Å². The van der Waals surface area contributed by atoms with Crippen molar-refractivity contribution in [3.05, 3.63) is 30.1 Å². The first-order valence-corrected chi connectivity index (χ1v) is 6.60. The first-order chi connectivity index (χ1) is 8.83. The predicted octanol–water partition coefficient (Wildman–Crippen LogP) is 1.53. The molecule has 0 saturated carbocycles. The predicted molar refractivity (Wildman–Crippen MR) is 74.6 cm³/mol. The van der Waals surface area contributed by atoms with E-state index in [1.54, 1.807) is 7.11 Å². The number of unbranched alkanes of at least 4 members (excludes halogenated alkanes) is 1. The van der Waals surface area contributed by atoms with E-state index in [0.717, 1.165) is 32.8 Å². The van der Waals surface area contributed by atoms with Crippen LogP contribution >= 0.6 is 0 Å². The molecule has 0 unspecified atom stereocenters. The minimum Gasteiger partial charge on any atom is -0.383 e. The minimum absolute atomic E-state index is 0.793. The van der Waals surface area contributed by atoms with Crippen molar-refractivity contribution in [2.75, 3.05) is 40.4 Å². The molecule has 0 aliphatic rings. The number of ether oxygens (including phenoxy) is 1. The number of nitrogens with one attached hydrogen (secondary N) is 1. The van der Waals surface area contributed by atoms with Crippen molar-refractivity contribution < 1.29 is 4.74 Å². The molecule has 0 spiro atoms. The summed E-state index contributed by atoms with van der Waals surface area (Å²) in [6.07, 6.45) is 6.18. The number of rotatable bonds is 10. The average Bonchev–Trinajstić information content (AvgIpc) is 2.39. The van der Waals surface area contributed by atoms with Crippen molar-refractivity contribution >= 4 is 0 Å². The van der Waals surface area contributed by atoms with Crippen LogP contribution in [-0.2, 0) is 11.3 Å². The fourth-order valence-corrected chi connectivity index (χ4v) is 1.81. The third-order valence-corrected chi connectivity index (χ3v) is 2.80. The van der Waals surface area contributed by atoms with Gasteiger partial charge < -0.3 is 15.0 Å². The quantitative estimate of drug-likeness (QED) is 0.640. The molecule has 0 bridgehead atoms. The first kappa shape index (κ1) is 15.1. The van der Waals surface area contributed by atoms with Crippen LogP contribution < -0.4 is 5.32 Å². The van der Waals surface area contributed by atoms with Crippen molar-refractivity contribution in [1.29, 1.82) is 0 Å². The number of aromatic nitrogens is 1. The third kappa shape index (κ3) is 7.37.